The number of hydrogen-bond acceptors (Lipinski definition) is 8. The number of hydrogen-bond donors (Lipinski definition) is 1. The molecule has 0 bridgehead atoms. The third-order valence-electron chi connectivity index (χ3n) is 5.55. The van der Waals surface area contributed by atoms with Crippen molar-refractivity contribution in [3.8, 4) is 11.4 Å². The van der Waals surface area contributed by atoms with E-state index < -0.39 is 4.92 Å². The maximum Gasteiger partial charge on any atom is 0.290 e. The Hall–Kier alpha value is -3.43. The van der Waals surface area contributed by atoms with Crippen LogP contribution in [0.5, 0.6) is 0 Å². The summed E-state index contributed by atoms with van der Waals surface area (Å²) < 4.78 is 1.66. The van der Waals surface area contributed by atoms with E-state index in [0.717, 1.165) is 11.4 Å². The number of nitrogens with zero attached hydrogens (tertiary/aromatic N) is 7. The highest BCUT2D eigenvalue weighted by Gasteiger charge is 2.20. The second kappa shape index (κ2) is 8.52. The molecule has 1 fully saturated rings. The Bertz CT molecular complexity index is 1060. The first kappa shape index (κ1) is 19.9. The van der Waals surface area contributed by atoms with Crippen LogP contribution in [-0.4, -0.2) is 34.9 Å². The molecule has 3 aromatic rings. The summed E-state index contributed by atoms with van der Waals surface area (Å²) in [5.41, 5.74) is 3.32. The quantitative estimate of drug-likeness (QED) is 0.485. The molecule has 0 amide bonds. The van der Waals surface area contributed by atoms with Gasteiger partial charge in [0.1, 0.15) is 11.4 Å². The van der Waals surface area contributed by atoms with Gasteiger partial charge < -0.3 is 5.32 Å². The van der Waals surface area contributed by atoms with Crippen LogP contribution in [0, 0.1) is 17.0 Å². The summed E-state index contributed by atoms with van der Waals surface area (Å²) in [6.07, 6.45) is 7.96. The minimum absolute atomic E-state index is 0.0183. The molecule has 0 radical (unpaired) electrons. The SMILES string of the molecule is Cc1nc(-c2nnn(C)c2CNc2nccc(C3CCCCC3)n2)ccc1[N+](=O)[O-]. The van der Waals surface area contributed by atoms with E-state index >= 15 is 0 Å². The van der Waals surface area contributed by atoms with Crippen molar-refractivity contribution in [1.29, 1.82) is 0 Å². The molecule has 10 nitrogen and oxygen atoms in total. The van der Waals surface area contributed by atoms with E-state index in [1.807, 2.05) is 6.07 Å². The second-order valence-electron chi connectivity index (χ2n) is 7.56. The lowest BCUT2D eigenvalue weighted by Crippen LogP contribution is -2.12. The fourth-order valence-electron chi connectivity index (χ4n) is 3.90. The van der Waals surface area contributed by atoms with Crippen LogP contribution >= 0.6 is 0 Å². The minimum Gasteiger partial charge on any atom is -0.348 e. The summed E-state index contributed by atoms with van der Waals surface area (Å²) in [6, 6.07) is 5.04. The van der Waals surface area contributed by atoms with Gasteiger partial charge in [-0.3, -0.25) is 10.1 Å². The first-order valence-electron chi connectivity index (χ1n) is 10.1. The fraction of sp³-hybridized carbons (Fsp3) is 0.450. The molecule has 0 unspecified atom stereocenters. The Kier molecular flexibility index (Phi) is 5.64. The summed E-state index contributed by atoms with van der Waals surface area (Å²) in [4.78, 5) is 24.0. The Balaban J connectivity index is 1.53. The van der Waals surface area contributed by atoms with Gasteiger partial charge in [0.15, 0.2) is 0 Å². The van der Waals surface area contributed by atoms with E-state index in [2.05, 4.69) is 25.6 Å². The third-order valence-corrected chi connectivity index (χ3v) is 5.55. The average Bonchev–Trinajstić information content (AvgIpc) is 3.13. The Morgan fingerprint density at radius 1 is 1.20 bits per heavy atom. The van der Waals surface area contributed by atoms with Crippen molar-refractivity contribution >= 4 is 11.6 Å². The zero-order valence-corrected chi connectivity index (χ0v) is 17.1. The highest BCUT2D eigenvalue weighted by Crippen LogP contribution is 2.31. The number of rotatable bonds is 6. The number of nitrogens with one attached hydrogen (secondary N) is 1. The first-order chi connectivity index (χ1) is 14.5. The lowest BCUT2D eigenvalue weighted by atomic mass is 9.87. The topological polar surface area (TPSA) is 125 Å². The van der Waals surface area contributed by atoms with Crippen molar-refractivity contribution in [1.82, 2.24) is 29.9 Å². The molecule has 10 heteroatoms. The molecular weight excluding hydrogens is 384 g/mol. The minimum atomic E-state index is -0.443. The molecule has 0 saturated heterocycles. The van der Waals surface area contributed by atoms with Gasteiger partial charge in [-0.05, 0) is 31.9 Å². The number of nitro groups is 1. The van der Waals surface area contributed by atoms with E-state index in [4.69, 9.17) is 4.98 Å². The van der Waals surface area contributed by atoms with Crippen molar-refractivity contribution in [3.63, 3.8) is 0 Å². The van der Waals surface area contributed by atoms with Crippen LogP contribution < -0.4 is 5.32 Å². The Morgan fingerprint density at radius 2 is 2.00 bits per heavy atom. The van der Waals surface area contributed by atoms with Gasteiger partial charge in [0.25, 0.3) is 5.69 Å². The average molecular weight is 408 g/mol. The summed E-state index contributed by atoms with van der Waals surface area (Å²) in [7, 11) is 1.80. The van der Waals surface area contributed by atoms with Crippen LogP contribution in [-0.2, 0) is 13.6 Å². The highest BCUT2D eigenvalue weighted by molar-refractivity contribution is 5.59. The molecule has 0 atom stereocenters. The maximum absolute atomic E-state index is 11.1. The molecule has 0 aromatic carbocycles. The number of aromatic nitrogens is 6. The standard InChI is InChI=1S/C20H24N8O2/c1-13-17(28(29)30)9-8-16(23-13)19-18(27(2)26-25-19)12-22-20-21-11-10-15(24-20)14-6-4-3-5-7-14/h8-11,14H,3-7,12H2,1-2H3,(H,21,22,24). The molecule has 1 aliphatic carbocycles. The smallest absolute Gasteiger partial charge is 0.290 e. The van der Waals surface area contributed by atoms with Crippen LogP contribution in [0.4, 0.5) is 11.6 Å². The van der Waals surface area contributed by atoms with E-state index in [1.165, 1.54) is 38.2 Å². The molecule has 30 heavy (non-hydrogen) atoms. The monoisotopic (exact) mass is 408 g/mol. The van der Waals surface area contributed by atoms with Crippen molar-refractivity contribution < 1.29 is 4.92 Å². The lowest BCUT2D eigenvalue weighted by Gasteiger charge is -2.21. The van der Waals surface area contributed by atoms with Gasteiger partial charge in [-0.1, -0.05) is 24.5 Å². The largest absolute Gasteiger partial charge is 0.348 e. The van der Waals surface area contributed by atoms with Crippen molar-refractivity contribution in [2.24, 2.45) is 7.05 Å². The Morgan fingerprint density at radius 3 is 2.73 bits per heavy atom. The maximum atomic E-state index is 11.1. The number of anilines is 1. The molecule has 0 spiro atoms. The van der Waals surface area contributed by atoms with Crippen LogP contribution in [0.3, 0.4) is 0 Å². The van der Waals surface area contributed by atoms with E-state index in [-0.39, 0.29) is 5.69 Å². The Labute approximate surface area is 173 Å². The van der Waals surface area contributed by atoms with E-state index in [9.17, 15) is 10.1 Å². The number of pyridine rings is 1. The zero-order chi connectivity index (χ0) is 21.1. The van der Waals surface area contributed by atoms with Gasteiger partial charge in [0.2, 0.25) is 5.95 Å². The van der Waals surface area contributed by atoms with Gasteiger partial charge in [-0.2, -0.15) is 0 Å². The van der Waals surface area contributed by atoms with Gasteiger partial charge >= 0.3 is 0 Å². The highest BCUT2D eigenvalue weighted by atomic mass is 16.6. The predicted octanol–water partition coefficient (Wildman–Crippen LogP) is 3.54. The molecule has 1 aliphatic rings. The first-order valence-corrected chi connectivity index (χ1v) is 10.1. The molecule has 156 valence electrons. The van der Waals surface area contributed by atoms with Crippen molar-refractivity contribution in [3.05, 3.63) is 51.6 Å². The summed E-state index contributed by atoms with van der Waals surface area (Å²) >= 11 is 0. The van der Waals surface area contributed by atoms with E-state index in [0.29, 0.717) is 35.5 Å². The van der Waals surface area contributed by atoms with Gasteiger partial charge in [0, 0.05) is 30.9 Å². The molecule has 3 heterocycles. The van der Waals surface area contributed by atoms with Crippen molar-refractivity contribution in [2.75, 3.05) is 5.32 Å². The normalized spacial score (nSPS) is 14.6. The zero-order valence-electron chi connectivity index (χ0n) is 17.1. The van der Waals surface area contributed by atoms with Crippen molar-refractivity contribution in [2.45, 2.75) is 51.5 Å². The molecule has 0 aliphatic heterocycles. The van der Waals surface area contributed by atoms with Crippen LogP contribution in [0.1, 0.15) is 55.1 Å². The van der Waals surface area contributed by atoms with Gasteiger partial charge in [-0.15, -0.1) is 5.10 Å². The van der Waals surface area contributed by atoms with Gasteiger partial charge in [-0.25, -0.2) is 19.6 Å². The molecule has 3 aromatic heterocycles. The summed E-state index contributed by atoms with van der Waals surface area (Å²) in [5.74, 6) is 1.07. The fourth-order valence-corrected chi connectivity index (χ4v) is 3.90. The lowest BCUT2D eigenvalue weighted by molar-refractivity contribution is -0.385. The van der Waals surface area contributed by atoms with E-state index in [1.54, 1.807) is 30.9 Å². The summed E-state index contributed by atoms with van der Waals surface area (Å²) in [6.45, 7) is 2.02. The molecule has 1 saturated carbocycles. The third kappa shape index (κ3) is 4.12. The van der Waals surface area contributed by atoms with Crippen LogP contribution in [0.15, 0.2) is 24.4 Å². The predicted molar refractivity (Wildman–Crippen MR) is 111 cm³/mol. The molecular formula is C20H24N8O2. The molecule has 1 N–H and O–H groups in total. The van der Waals surface area contributed by atoms with Crippen LogP contribution in [0.25, 0.3) is 11.4 Å². The second-order valence-corrected chi connectivity index (χ2v) is 7.56. The molecule has 4 rings (SSSR count). The van der Waals surface area contributed by atoms with Crippen LogP contribution in [0.2, 0.25) is 0 Å². The summed E-state index contributed by atoms with van der Waals surface area (Å²) in [5, 5.41) is 22.6. The number of aryl methyl sites for hydroxylation is 2. The van der Waals surface area contributed by atoms with Gasteiger partial charge in [0.05, 0.1) is 22.9 Å².